The van der Waals surface area contributed by atoms with Gasteiger partial charge < -0.3 is 10.6 Å². The predicted molar refractivity (Wildman–Crippen MR) is 70.3 cm³/mol. The topological polar surface area (TPSA) is 59.0 Å². The molecule has 1 fully saturated rings. The zero-order valence-electron chi connectivity index (χ0n) is 11.2. The highest BCUT2D eigenvalue weighted by molar-refractivity contribution is 5.76. The minimum atomic E-state index is 0.176. The van der Waals surface area contributed by atoms with E-state index >= 15 is 0 Å². The van der Waals surface area contributed by atoms with Gasteiger partial charge in [-0.05, 0) is 45.3 Å². The quantitative estimate of drug-likeness (QED) is 0.728. The van der Waals surface area contributed by atoms with Crippen molar-refractivity contribution in [3.8, 4) is 0 Å². The molecule has 0 unspecified atom stereocenters. The Balaban J connectivity index is 1.60. The summed E-state index contributed by atoms with van der Waals surface area (Å²) in [5.41, 5.74) is 2.23. The molecule has 0 aromatic carbocycles. The van der Waals surface area contributed by atoms with Crippen molar-refractivity contribution < 1.29 is 4.79 Å². The summed E-state index contributed by atoms with van der Waals surface area (Å²) in [6, 6.07) is 2.07. The fourth-order valence-corrected chi connectivity index (χ4v) is 2.19. The van der Waals surface area contributed by atoms with Crippen LogP contribution < -0.4 is 10.6 Å². The molecule has 18 heavy (non-hydrogen) atoms. The third kappa shape index (κ3) is 3.57. The van der Waals surface area contributed by atoms with Crippen LogP contribution in [0.25, 0.3) is 0 Å². The van der Waals surface area contributed by atoms with Crippen molar-refractivity contribution >= 4 is 5.91 Å². The van der Waals surface area contributed by atoms with Crippen LogP contribution in [0.4, 0.5) is 0 Å². The first-order valence-electron chi connectivity index (χ1n) is 6.63. The molecule has 0 spiro atoms. The van der Waals surface area contributed by atoms with Gasteiger partial charge >= 0.3 is 0 Å². The number of carbonyl (C=O) groups is 1. The maximum absolute atomic E-state index is 11.6. The molecular formula is C13H22N4O. The van der Waals surface area contributed by atoms with Gasteiger partial charge in [0.2, 0.25) is 5.91 Å². The van der Waals surface area contributed by atoms with Crippen molar-refractivity contribution in [2.24, 2.45) is 5.92 Å². The van der Waals surface area contributed by atoms with E-state index in [2.05, 4.69) is 28.7 Å². The van der Waals surface area contributed by atoms with E-state index in [-0.39, 0.29) is 5.91 Å². The molecule has 1 aromatic heterocycles. The van der Waals surface area contributed by atoms with Crippen LogP contribution in [-0.4, -0.2) is 35.3 Å². The van der Waals surface area contributed by atoms with E-state index in [0.717, 1.165) is 38.3 Å². The Morgan fingerprint density at radius 3 is 2.89 bits per heavy atom. The summed E-state index contributed by atoms with van der Waals surface area (Å²) in [6.07, 6.45) is 1.59. The van der Waals surface area contributed by atoms with Crippen LogP contribution in [0, 0.1) is 19.8 Å². The fourth-order valence-electron chi connectivity index (χ4n) is 2.19. The average molecular weight is 250 g/mol. The van der Waals surface area contributed by atoms with Crippen LogP contribution in [-0.2, 0) is 11.3 Å². The molecule has 1 amide bonds. The molecule has 1 aliphatic heterocycles. The molecule has 0 aliphatic carbocycles. The summed E-state index contributed by atoms with van der Waals surface area (Å²) in [7, 11) is 0. The van der Waals surface area contributed by atoms with Crippen molar-refractivity contribution in [2.75, 3.05) is 19.6 Å². The van der Waals surface area contributed by atoms with Crippen LogP contribution in [0.2, 0.25) is 0 Å². The molecule has 5 nitrogen and oxygen atoms in total. The van der Waals surface area contributed by atoms with E-state index < -0.39 is 0 Å². The van der Waals surface area contributed by atoms with Gasteiger partial charge in [-0.3, -0.25) is 9.48 Å². The van der Waals surface area contributed by atoms with Gasteiger partial charge in [-0.2, -0.15) is 5.10 Å². The molecule has 0 radical (unpaired) electrons. The standard InChI is InChI=1S/C13H22N4O/c1-10-6-11(2)17(16-10)5-3-4-15-13(18)7-12-8-14-9-12/h6,12,14H,3-5,7-9H2,1-2H3,(H,15,18). The number of rotatable bonds is 6. The molecule has 0 saturated carbocycles. The van der Waals surface area contributed by atoms with Crippen LogP contribution >= 0.6 is 0 Å². The van der Waals surface area contributed by atoms with Gasteiger partial charge in [0.25, 0.3) is 0 Å². The number of aryl methyl sites for hydroxylation is 3. The number of carbonyl (C=O) groups excluding carboxylic acids is 1. The van der Waals surface area contributed by atoms with Gasteiger partial charge in [0, 0.05) is 25.2 Å². The molecule has 1 saturated heterocycles. The van der Waals surface area contributed by atoms with Gasteiger partial charge in [-0.15, -0.1) is 0 Å². The zero-order valence-corrected chi connectivity index (χ0v) is 11.2. The van der Waals surface area contributed by atoms with E-state index in [1.165, 1.54) is 5.69 Å². The number of amides is 1. The monoisotopic (exact) mass is 250 g/mol. The second-order valence-electron chi connectivity index (χ2n) is 5.08. The van der Waals surface area contributed by atoms with Crippen LogP contribution in [0.15, 0.2) is 6.07 Å². The minimum absolute atomic E-state index is 0.176. The van der Waals surface area contributed by atoms with E-state index in [1.807, 2.05) is 11.6 Å². The molecule has 1 aromatic rings. The van der Waals surface area contributed by atoms with E-state index in [4.69, 9.17) is 0 Å². The van der Waals surface area contributed by atoms with Crippen molar-refractivity contribution in [1.29, 1.82) is 0 Å². The molecule has 2 rings (SSSR count). The first-order valence-corrected chi connectivity index (χ1v) is 6.63. The maximum Gasteiger partial charge on any atom is 0.220 e. The molecule has 2 heterocycles. The van der Waals surface area contributed by atoms with E-state index in [1.54, 1.807) is 0 Å². The number of hydrogen-bond donors (Lipinski definition) is 2. The summed E-state index contributed by atoms with van der Waals surface area (Å²) < 4.78 is 2.00. The smallest absolute Gasteiger partial charge is 0.220 e. The lowest BCUT2D eigenvalue weighted by molar-refractivity contribution is -0.122. The van der Waals surface area contributed by atoms with Gasteiger partial charge in [-0.25, -0.2) is 0 Å². The van der Waals surface area contributed by atoms with Crippen molar-refractivity contribution in [3.05, 3.63) is 17.5 Å². The Hall–Kier alpha value is -1.36. The highest BCUT2D eigenvalue weighted by Gasteiger charge is 2.19. The third-order valence-electron chi connectivity index (χ3n) is 3.31. The summed E-state index contributed by atoms with van der Waals surface area (Å²) in [4.78, 5) is 11.6. The third-order valence-corrected chi connectivity index (χ3v) is 3.31. The van der Waals surface area contributed by atoms with Gasteiger partial charge in [0.15, 0.2) is 0 Å². The Labute approximate surface area is 108 Å². The number of hydrogen-bond acceptors (Lipinski definition) is 3. The minimum Gasteiger partial charge on any atom is -0.356 e. The van der Waals surface area contributed by atoms with Crippen molar-refractivity contribution in [3.63, 3.8) is 0 Å². The zero-order chi connectivity index (χ0) is 13.0. The summed E-state index contributed by atoms with van der Waals surface area (Å²) in [6.45, 7) is 7.63. The van der Waals surface area contributed by atoms with Crippen molar-refractivity contribution in [1.82, 2.24) is 20.4 Å². The lowest BCUT2D eigenvalue weighted by Gasteiger charge is -2.26. The molecule has 0 bridgehead atoms. The Bertz CT molecular complexity index is 409. The molecule has 0 atom stereocenters. The Kier molecular flexibility index (Phi) is 4.36. The van der Waals surface area contributed by atoms with Crippen molar-refractivity contribution in [2.45, 2.75) is 33.2 Å². The largest absolute Gasteiger partial charge is 0.356 e. The predicted octanol–water partition coefficient (Wildman–Crippen LogP) is 0.616. The lowest BCUT2D eigenvalue weighted by Crippen LogP contribution is -2.44. The average Bonchev–Trinajstić information content (AvgIpc) is 2.58. The first kappa shape index (κ1) is 13.1. The SMILES string of the molecule is Cc1cc(C)n(CCCNC(=O)CC2CNC2)n1. The number of aromatic nitrogens is 2. The Morgan fingerprint density at radius 1 is 1.56 bits per heavy atom. The molecular weight excluding hydrogens is 228 g/mol. The van der Waals surface area contributed by atoms with Gasteiger partial charge in [-0.1, -0.05) is 0 Å². The second kappa shape index (κ2) is 6.00. The van der Waals surface area contributed by atoms with E-state index in [0.29, 0.717) is 12.3 Å². The van der Waals surface area contributed by atoms with Crippen LogP contribution in [0.3, 0.4) is 0 Å². The number of nitrogens with one attached hydrogen (secondary N) is 2. The maximum atomic E-state index is 11.6. The lowest BCUT2D eigenvalue weighted by atomic mass is 9.99. The summed E-state index contributed by atoms with van der Waals surface area (Å²) >= 11 is 0. The van der Waals surface area contributed by atoms with Gasteiger partial charge in [0.1, 0.15) is 0 Å². The normalized spacial score (nSPS) is 15.4. The summed E-state index contributed by atoms with van der Waals surface area (Å²) in [5.74, 6) is 0.718. The van der Waals surface area contributed by atoms with Gasteiger partial charge in [0.05, 0.1) is 5.69 Å². The fraction of sp³-hybridized carbons (Fsp3) is 0.692. The molecule has 1 aliphatic rings. The molecule has 5 heteroatoms. The van der Waals surface area contributed by atoms with Crippen LogP contribution in [0.5, 0.6) is 0 Å². The highest BCUT2D eigenvalue weighted by Crippen LogP contribution is 2.07. The molecule has 2 N–H and O–H groups in total. The second-order valence-corrected chi connectivity index (χ2v) is 5.08. The Morgan fingerprint density at radius 2 is 2.33 bits per heavy atom. The first-order chi connectivity index (χ1) is 8.65. The highest BCUT2D eigenvalue weighted by atomic mass is 16.1. The molecule has 100 valence electrons. The van der Waals surface area contributed by atoms with E-state index in [9.17, 15) is 4.79 Å². The van der Waals surface area contributed by atoms with Crippen LogP contribution in [0.1, 0.15) is 24.2 Å². The summed E-state index contributed by atoms with van der Waals surface area (Å²) in [5, 5.41) is 10.5. The number of nitrogens with zero attached hydrogens (tertiary/aromatic N) is 2.